The molecule has 3 rings (SSSR count). The van der Waals surface area contributed by atoms with Gasteiger partial charge in [-0.15, -0.1) is 0 Å². The van der Waals surface area contributed by atoms with Gasteiger partial charge in [0.15, 0.2) is 11.5 Å². The average molecular weight is 314 g/mol. The predicted octanol–water partition coefficient (Wildman–Crippen LogP) is 2.27. The molecule has 1 saturated heterocycles. The smallest absolute Gasteiger partial charge is 0.178 e. The molecular weight excluding hydrogens is 292 g/mol. The fourth-order valence-electron chi connectivity index (χ4n) is 4.26. The van der Waals surface area contributed by atoms with E-state index in [9.17, 15) is 10.1 Å². The third kappa shape index (κ3) is 2.38. The van der Waals surface area contributed by atoms with E-state index in [1.807, 2.05) is 12.1 Å². The molecule has 5 nitrogen and oxygen atoms in total. The van der Waals surface area contributed by atoms with Gasteiger partial charge in [-0.3, -0.25) is 4.79 Å². The SMILES string of the molecule is COc1cc(C23CCC(=O)CC2N(C)CC3)cc(C#N)c1OC. The van der Waals surface area contributed by atoms with Crippen LogP contribution in [0.5, 0.6) is 11.5 Å². The lowest BCUT2D eigenvalue weighted by Crippen LogP contribution is -2.46. The summed E-state index contributed by atoms with van der Waals surface area (Å²) in [5, 5.41) is 9.47. The number of likely N-dealkylation sites (N-methyl/N-ethyl adjacent to an activating group) is 1. The van der Waals surface area contributed by atoms with Gasteiger partial charge in [0, 0.05) is 24.3 Å². The van der Waals surface area contributed by atoms with Gasteiger partial charge < -0.3 is 14.4 Å². The maximum Gasteiger partial charge on any atom is 0.178 e. The summed E-state index contributed by atoms with van der Waals surface area (Å²) in [4.78, 5) is 14.2. The van der Waals surface area contributed by atoms with Crippen molar-refractivity contribution in [2.24, 2.45) is 0 Å². The van der Waals surface area contributed by atoms with Gasteiger partial charge in [0.2, 0.25) is 0 Å². The number of carbonyl (C=O) groups excluding carboxylic acids is 1. The van der Waals surface area contributed by atoms with E-state index < -0.39 is 0 Å². The fraction of sp³-hybridized carbons (Fsp3) is 0.556. The lowest BCUT2D eigenvalue weighted by Gasteiger charge is -2.41. The van der Waals surface area contributed by atoms with Crippen molar-refractivity contribution in [3.05, 3.63) is 23.3 Å². The molecule has 0 radical (unpaired) electrons. The maximum atomic E-state index is 11.9. The summed E-state index contributed by atoms with van der Waals surface area (Å²) in [6.45, 7) is 0.966. The van der Waals surface area contributed by atoms with E-state index in [4.69, 9.17) is 9.47 Å². The first-order valence-corrected chi connectivity index (χ1v) is 7.94. The minimum atomic E-state index is -0.0756. The summed E-state index contributed by atoms with van der Waals surface area (Å²) in [5.41, 5.74) is 1.50. The second-order valence-electron chi connectivity index (χ2n) is 6.52. The molecule has 1 aromatic rings. The number of nitrogens with zero attached hydrogens (tertiary/aromatic N) is 2. The van der Waals surface area contributed by atoms with Crippen molar-refractivity contribution in [2.45, 2.75) is 37.1 Å². The number of methoxy groups -OCH3 is 2. The standard InChI is InChI=1S/C18H22N2O3/c1-20-7-6-18(5-4-14(21)10-16(18)20)13-8-12(11-19)17(23-3)15(9-13)22-2/h8-9,16H,4-7,10H2,1-3H3. The van der Waals surface area contributed by atoms with Crippen molar-refractivity contribution in [3.8, 4) is 17.6 Å². The molecule has 23 heavy (non-hydrogen) atoms. The van der Waals surface area contributed by atoms with Gasteiger partial charge in [-0.2, -0.15) is 5.26 Å². The van der Waals surface area contributed by atoms with Crippen LogP contribution in [-0.4, -0.2) is 44.5 Å². The van der Waals surface area contributed by atoms with Crippen LogP contribution in [0.3, 0.4) is 0 Å². The first kappa shape index (κ1) is 15.8. The van der Waals surface area contributed by atoms with Crippen LogP contribution < -0.4 is 9.47 Å². The Morgan fingerprint density at radius 3 is 2.74 bits per heavy atom. The van der Waals surface area contributed by atoms with Crippen LogP contribution in [0.4, 0.5) is 0 Å². The van der Waals surface area contributed by atoms with Crippen molar-refractivity contribution < 1.29 is 14.3 Å². The second kappa shape index (κ2) is 5.86. The van der Waals surface area contributed by atoms with Crippen LogP contribution in [0, 0.1) is 11.3 Å². The highest BCUT2D eigenvalue weighted by Gasteiger charge is 2.50. The van der Waals surface area contributed by atoms with Crippen molar-refractivity contribution in [3.63, 3.8) is 0 Å². The van der Waals surface area contributed by atoms with Gasteiger partial charge in [-0.25, -0.2) is 0 Å². The highest BCUT2D eigenvalue weighted by molar-refractivity contribution is 5.81. The highest BCUT2D eigenvalue weighted by Crippen LogP contribution is 2.49. The first-order valence-electron chi connectivity index (χ1n) is 7.94. The number of Topliss-reactive ketones (excluding diaryl/α,β-unsaturated/α-hetero) is 1. The average Bonchev–Trinajstić information content (AvgIpc) is 2.91. The number of likely N-dealkylation sites (tertiary alicyclic amines) is 1. The van der Waals surface area contributed by atoms with E-state index in [0.717, 1.165) is 24.9 Å². The Balaban J connectivity index is 2.13. The van der Waals surface area contributed by atoms with Crippen molar-refractivity contribution in [2.75, 3.05) is 27.8 Å². The zero-order valence-electron chi connectivity index (χ0n) is 13.9. The Labute approximate surface area is 136 Å². The van der Waals surface area contributed by atoms with Crippen molar-refractivity contribution >= 4 is 5.78 Å². The molecule has 0 N–H and O–H groups in total. The number of carbonyl (C=O) groups is 1. The van der Waals surface area contributed by atoms with E-state index >= 15 is 0 Å². The van der Waals surface area contributed by atoms with Crippen molar-refractivity contribution in [1.82, 2.24) is 4.90 Å². The van der Waals surface area contributed by atoms with E-state index in [-0.39, 0.29) is 11.5 Å². The summed E-state index contributed by atoms with van der Waals surface area (Å²) >= 11 is 0. The summed E-state index contributed by atoms with van der Waals surface area (Å²) < 4.78 is 10.8. The lowest BCUT2D eigenvalue weighted by molar-refractivity contribution is -0.122. The molecule has 1 aliphatic carbocycles. The van der Waals surface area contributed by atoms with E-state index in [1.165, 1.54) is 0 Å². The zero-order valence-corrected chi connectivity index (χ0v) is 13.9. The number of nitriles is 1. The van der Waals surface area contributed by atoms with Crippen LogP contribution in [0.2, 0.25) is 0 Å². The molecule has 0 amide bonds. The minimum Gasteiger partial charge on any atom is -0.493 e. The summed E-state index contributed by atoms with van der Waals surface area (Å²) in [5.74, 6) is 1.39. The second-order valence-corrected chi connectivity index (χ2v) is 6.52. The molecule has 2 fully saturated rings. The molecule has 2 unspecified atom stereocenters. The third-order valence-electron chi connectivity index (χ3n) is 5.53. The Morgan fingerprint density at radius 1 is 1.30 bits per heavy atom. The first-order chi connectivity index (χ1) is 11.1. The topological polar surface area (TPSA) is 62.6 Å². The summed E-state index contributed by atoms with van der Waals surface area (Å²) in [6, 6.07) is 6.32. The molecule has 0 aromatic heterocycles. The normalized spacial score (nSPS) is 27.4. The Kier molecular flexibility index (Phi) is 4.03. The predicted molar refractivity (Wildman–Crippen MR) is 85.8 cm³/mol. The Hall–Kier alpha value is -2.06. The molecule has 5 heteroatoms. The molecule has 0 bridgehead atoms. The van der Waals surface area contributed by atoms with E-state index in [1.54, 1.807) is 14.2 Å². The number of hydrogen-bond acceptors (Lipinski definition) is 5. The van der Waals surface area contributed by atoms with Crippen LogP contribution >= 0.6 is 0 Å². The number of fused-ring (bicyclic) bond motifs is 1. The maximum absolute atomic E-state index is 11.9. The van der Waals surface area contributed by atoms with Crippen LogP contribution in [0.15, 0.2) is 12.1 Å². The Bertz CT molecular complexity index is 680. The summed E-state index contributed by atoms with van der Waals surface area (Å²) in [7, 11) is 5.21. The van der Waals surface area contributed by atoms with Crippen LogP contribution in [-0.2, 0) is 10.2 Å². The minimum absolute atomic E-state index is 0.0756. The third-order valence-corrected chi connectivity index (χ3v) is 5.53. The van der Waals surface area contributed by atoms with Gasteiger partial charge in [0.25, 0.3) is 0 Å². The Morgan fingerprint density at radius 2 is 2.09 bits per heavy atom. The van der Waals surface area contributed by atoms with E-state index in [0.29, 0.717) is 35.7 Å². The number of benzene rings is 1. The molecule has 1 aliphatic heterocycles. The number of ether oxygens (including phenoxy) is 2. The van der Waals surface area contributed by atoms with Gasteiger partial charge in [0.1, 0.15) is 11.9 Å². The molecule has 0 spiro atoms. The van der Waals surface area contributed by atoms with Gasteiger partial charge in [0.05, 0.1) is 19.8 Å². The quantitative estimate of drug-likeness (QED) is 0.856. The van der Waals surface area contributed by atoms with Gasteiger partial charge >= 0.3 is 0 Å². The fourth-order valence-corrected chi connectivity index (χ4v) is 4.26. The zero-order chi connectivity index (χ0) is 16.6. The highest BCUT2D eigenvalue weighted by atomic mass is 16.5. The molecule has 1 saturated carbocycles. The number of hydrogen-bond donors (Lipinski definition) is 0. The largest absolute Gasteiger partial charge is 0.493 e. The molecule has 1 aromatic carbocycles. The van der Waals surface area contributed by atoms with Crippen molar-refractivity contribution in [1.29, 1.82) is 5.26 Å². The monoisotopic (exact) mass is 314 g/mol. The lowest BCUT2D eigenvalue weighted by atomic mass is 9.65. The molecule has 1 heterocycles. The molecule has 2 atom stereocenters. The molecule has 122 valence electrons. The number of rotatable bonds is 3. The van der Waals surface area contributed by atoms with Gasteiger partial charge in [-0.1, -0.05) is 0 Å². The van der Waals surface area contributed by atoms with E-state index in [2.05, 4.69) is 18.0 Å². The molecule has 2 aliphatic rings. The van der Waals surface area contributed by atoms with Crippen LogP contribution in [0.25, 0.3) is 0 Å². The van der Waals surface area contributed by atoms with Gasteiger partial charge in [-0.05, 0) is 44.1 Å². The van der Waals surface area contributed by atoms with Crippen LogP contribution in [0.1, 0.15) is 36.8 Å². The molecular formula is C18H22N2O3. The number of ketones is 1. The summed E-state index contributed by atoms with van der Waals surface area (Å²) in [6.07, 6.45) is 3.04.